The van der Waals surface area contributed by atoms with Gasteiger partial charge in [0.05, 0.1) is 0 Å². The molecule has 0 unspecified atom stereocenters. The summed E-state index contributed by atoms with van der Waals surface area (Å²) in [7, 11) is 0. The zero-order chi connectivity index (χ0) is 7.56. The number of hydrogen-bond donors (Lipinski definition) is 1. The summed E-state index contributed by atoms with van der Waals surface area (Å²) >= 11 is 0. The van der Waals surface area contributed by atoms with Gasteiger partial charge < -0.3 is 10.2 Å². The third-order valence-electron chi connectivity index (χ3n) is 1.68. The van der Waals surface area contributed by atoms with Crippen molar-refractivity contribution in [2.45, 2.75) is 19.8 Å². The number of allylic oxidation sites excluding steroid dienone is 2. The lowest BCUT2D eigenvalue weighted by molar-refractivity contribution is -0.110. The molecule has 1 N–H and O–H groups in total. The van der Waals surface area contributed by atoms with E-state index in [9.17, 15) is 4.79 Å². The minimum atomic E-state index is 0.0671. The molecule has 54 valence electrons. The number of carbonyl (C=O) groups is 1. The molecular formula is C8H11NO. The SMILES string of the molecule is CC1=CC(=N)C[C@H](C=O)C1. The first-order chi connectivity index (χ1) is 4.72. The van der Waals surface area contributed by atoms with Crippen molar-refractivity contribution in [2.75, 3.05) is 0 Å². The van der Waals surface area contributed by atoms with Crippen molar-refractivity contribution in [3.8, 4) is 0 Å². The molecule has 1 rings (SSSR count). The molecule has 2 heteroatoms. The highest BCUT2D eigenvalue weighted by atomic mass is 16.1. The quantitative estimate of drug-likeness (QED) is 0.547. The molecule has 0 amide bonds. The first-order valence-corrected chi connectivity index (χ1v) is 3.42. The fraction of sp³-hybridized carbons (Fsp3) is 0.500. The van der Waals surface area contributed by atoms with Gasteiger partial charge in [-0.25, -0.2) is 0 Å². The van der Waals surface area contributed by atoms with Crippen LogP contribution in [0.5, 0.6) is 0 Å². The second-order valence-corrected chi connectivity index (χ2v) is 2.82. The normalized spacial score (nSPS) is 25.9. The summed E-state index contributed by atoms with van der Waals surface area (Å²) in [5.41, 5.74) is 1.73. The lowest BCUT2D eigenvalue weighted by atomic mass is 9.90. The highest BCUT2D eigenvalue weighted by molar-refractivity contribution is 5.95. The van der Waals surface area contributed by atoms with Crippen LogP contribution in [0.15, 0.2) is 11.6 Å². The molecule has 2 nitrogen and oxygen atoms in total. The van der Waals surface area contributed by atoms with Crippen LogP contribution >= 0.6 is 0 Å². The van der Waals surface area contributed by atoms with Crippen LogP contribution in [0.4, 0.5) is 0 Å². The van der Waals surface area contributed by atoms with Crippen molar-refractivity contribution >= 4 is 12.0 Å². The molecule has 1 aliphatic carbocycles. The molecule has 0 aliphatic heterocycles. The van der Waals surface area contributed by atoms with E-state index in [4.69, 9.17) is 5.41 Å². The van der Waals surface area contributed by atoms with Gasteiger partial charge in [0.15, 0.2) is 0 Å². The second-order valence-electron chi connectivity index (χ2n) is 2.82. The zero-order valence-electron chi connectivity index (χ0n) is 6.05. The lowest BCUT2D eigenvalue weighted by Gasteiger charge is -2.15. The summed E-state index contributed by atoms with van der Waals surface area (Å²) in [6, 6.07) is 0. The Hall–Kier alpha value is -0.920. The van der Waals surface area contributed by atoms with Crippen LogP contribution in [0.2, 0.25) is 0 Å². The van der Waals surface area contributed by atoms with Gasteiger partial charge in [-0.2, -0.15) is 0 Å². The maximum atomic E-state index is 10.3. The van der Waals surface area contributed by atoms with Gasteiger partial charge in [-0.3, -0.25) is 0 Å². The Kier molecular flexibility index (Phi) is 2.00. The predicted molar refractivity (Wildman–Crippen MR) is 40.3 cm³/mol. The van der Waals surface area contributed by atoms with Crippen LogP contribution in [-0.2, 0) is 4.79 Å². The van der Waals surface area contributed by atoms with Crippen molar-refractivity contribution in [2.24, 2.45) is 5.92 Å². The van der Waals surface area contributed by atoms with Gasteiger partial charge in [-0.05, 0) is 25.8 Å². The molecular weight excluding hydrogens is 126 g/mol. The molecule has 0 heterocycles. The van der Waals surface area contributed by atoms with Crippen LogP contribution in [0.25, 0.3) is 0 Å². The van der Waals surface area contributed by atoms with Crippen LogP contribution in [-0.4, -0.2) is 12.0 Å². The minimum absolute atomic E-state index is 0.0671. The maximum Gasteiger partial charge on any atom is 0.123 e. The number of hydrogen-bond acceptors (Lipinski definition) is 2. The summed E-state index contributed by atoms with van der Waals surface area (Å²) in [5.74, 6) is 0.0671. The van der Waals surface area contributed by atoms with Gasteiger partial charge in [-0.15, -0.1) is 0 Å². The smallest absolute Gasteiger partial charge is 0.123 e. The Morgan fingerprint density at radius 3 is 2.90 bits per heavy atom. The molecule has 0 aromatic rings. The predicted octanol–water partition coefficient (Wildman–Crippen LogP) is 1.56. The molecule has 0 saturated carbocycles. The highest BCUT2D eigenvalue weighted by Gasteiger charge is 2.14. The van der Waals surface area contributed by atoms with E-state index in [2.05, 4.69) is 0 Å². The first-order valence-electron chi connectivity index (χ1n) is 3.42. The van der Waals surface area contributed by atoms with E-state index in [0.29, 0.717) is 12.1 Å². The van der Waals surface area contributed by atoms with E-state index in [1.54, 1.807) is 0 Å². The lowest BCUT2D eigenvalue weighted by Crippen LogP contribution is -2.13. The Morgan fingerprint density at radius 1 is 1.70 bits per heavy atom. The van der Waals surface area contributed by atoms with Crippen LogP contribution < -0.4 is 0 Å². The molecule has 0 aromatic carbocycles. The standard InChI is InChI=1S/C8H11NO/c1-6-2-7(5-10)4-8(9)3-6/h3,5,7,9H,2,4H2,1H3/t7-/m1/s1. The number of aldehydes is 1. The summed E-state index contributed by atoms with van der Waals surface area (Å²) in [4.78, 5) is 10.3. The molecule has 0 fully saturated rings. The van der Waals surface area contributed by atoms with E-state index >= 15 is 0 Å². The van der Waals surface area contributed by atoms with Gasteiger partial charge >= 0.3 is 0 Å². The van der Waals surface area contributed by atoms with E-state index < -0.39 is 0 Å². The Labute approximate surface area is 60.4 Å². The fourth-order valence-electron chi connectivity index (χ4n) is 1.28. The monoisotopic (exact) mass is 137 g/mol. The Balaban J connectivity index is 2.69. The number of rotatable bonds is 1. The zero-order valence-corrected chi connectivity index (χ0v) is 6.05. The Bertz CT molecular complexity index is 193. The molecule has 0 radical (unpaired) electrons. The van der Waals surface area contributed by atoms with Crippen molar-refractivity contribution in [3.63, 3.8) is 0 Å². The number of carbonyl (C=O) groups excluding carboxylic acids is 1. The third kappa shape index (κ3) is 1.53. The first kappa shape index (κ1) is 7.19. The molecule has 0 spiro atoms. The summed E-state index contributed by atoms with van der Waals surface area (Å²) in [6.07, 6.45) is 4.26. The summed E-state index contributed by atoms with van der Waals surface area (Å²) < 4.78 is 0. The maximum absolute atomic E-state index is 10.3. The third-order valence-corrected chi connectivity index (χ3v) is 1.68. The summed E-state index contributed by atoms with van der Waals surface area (Å²) in [6.45, 7) is 1.96. The van der Waals surface area contributed by atoms with Gasteiger partial charge in [0, 0.05) is 11.6 Å². The van der Waals surface area contributed by atoms with Gasteiger partial charge in [0.1, 0.15) is 6.29 Å². The van der Waals surface area contributed by atoms with E-state index in [0.717, 1.165) is 18.3 Å². The largest absolute Gasteiger partial charge is 0.305 e. The van der Waals surface area contributed by atoms with Gasteiger partial charge in [0.25, 0.3) is 0 Å². The molecule has 1 aliphatic rings. The average Bonchev–Trinajstić information content (AvgIpc) is 1.85. The molecule has 0 saturated heterocycles. The van der Waals surface area contributed by atoms with Crippen molar-refractivity contribution in [1.29, 1.82) is 5.41 Å². The van der Waals surface area contributed by atoms with Crippen molar-refractivity contribution in [3.05, 3.63) is 11.6 Å². The molecule has 0 aromatic heterocycles. The topological polar surface area (TPSA) is 40.9 Å². The van der Waals surface area contributed by atoms with Crippen LogP contribution in [0, 0.1) is 11.3 Å². The molecule has 10 heavy (non-hydrogen) atoms. The Morgan fingerprint density at radius 2 is 2.40 bits per heavy atom. The van der Waals surface area contributed by atoms with Crippen LogP contribution in [0.3, 0.4) is 0 Å². The van der Waals surface area contributed by atoms with E-state index in [1.807, 2.05) is 13.0 Å². The second kappa shape index (κ2) is 2.78. The van der Waals surface area contributed by atoms with Crippen molar-refractivity contribution < 1.29 is 4.79 Å². The van der Waals surface area contributed by atoms with Crippen molar-refractivity contribution in [1.82, 2.24) is 0 Å². The average molecular weight is 137 g/mol. The summed E-state index contributed by atoms with van der Waals surface area (Å²) in [5, 5.41) is 7.32. The van der Waals surface area contributed by atoms with Crippen LogP contribution in [0.1, 0.15) is 19.8 Å². The molecule has 1 atom stereocenters. The molecule has 0 bridgehead atoms. The van der Waals surface area contributed by atoms with E-state index in [-0.39, 0.29) is 5.92 Å². The highest BCUT2D eigenvalue weighted by Crippen LogP contribution is 2.19. The fourth-order valence-corrected chi connectivity index (χ4v) is 1.28. The van der Waals surface area contributed by atoms with E-state index in [1.165, 1.54) is 0 Å². The van der Waals surface area contributed by atoms with Gasteiger partial charge in [0.2, 0.25) is 0 Å². The van der Waals surface area contributed by atoms with Gasteiger partial charge in [-0.1, -0.05) is 5.57 Å². The minimum Gasteiger partial charge on any atom is -0.305 e. The number of nitrogens with one attached hydrogen (secondary N) is 1.